The summed E-state index contributed by atoms with van der Waals surface area (Å²) in [6.07, 6.45) is -0.0746. The molecule has 15 heteroatoms. The van der Waals surface area contributed by atoms with Gasteiger partial charge in [0.15, 0.2) is 5.96 Å². The highest BCUT2D eigenvalue weighted by Crippen LogP contribution is 2.13. The zero-order valence-electron chi connectivity index (χ0n) is 23.2. The number of carboxylic acids is 2. The zero-order chi connectivity index (χ0) is 31.1. The summed E-state index contributed by atoms with van der Waals surface area (Å²) in [6, 6.07) is 1.07. The summed E-state index contributed by atoms with van der Waals surface area (Å²) in [4.78, 5) is 65.6. The lowest BCUT2D eigenvalue weighted by Crippen LogP contribution is -2.57. The largest absolute Gasteiger partial charge is 0.508 e. The number of phenolic OH excluding ortho intramolecular Hbond substituents is 1. The van der Waals surface area contributed by atoms with Crippen LogP contribution in [-0.2, 0) is 30.4 Å². The van der Waals surface area contributed by atoms with E-state index in [2.05, 4.69) is 20.9 Å². The molecule has 0 saturated heterocycles. The van der Waals surface area contributed by atoms with Crippen molar-refractivity contribution in [1.29, 1.82) is 0 Å². The maximum atomic E-state index is 13.4. The quantitative estimate of drug-likeness (QED) is 0.0564. The Morgan fingerprint density at radius 1 is 0.854 bits per heavy atom. The van der Waals surface area contributed by atoms with E-state index >= 15 is 0 Å². The van der Waals surface area contributed by atoms with Crippen molar-refractivity contribution in [2.24, 2.45) is 28.1 Å². The summed E-state index contributed by atoms with van der Waals surface area (Å²) in [5.41, 5.74) is 16.9. The number of nitrogens with one attached hydrogen (secondary N) is 3. The first-order valence-corrected chi connectivity index (χ1v) is 13.1. The molecule has 0 saturated carbocycles. The molecule has 228 valence electrons. The van der Waals surface area contributed by atoms with Crippen LogP contribution >= 0.6 is 0 Å². The fourth-order valence-corrected chi connectivity index (χ4v) is 3.77. The number of phenols is 1. The molecule has 15 nitrogen and oxygen atoms in total. The summed E-state index contributed by atoms with van der Waals surface area (Å²) in [7, 11) is 0. The molecule has 0 aliphatic rings. The third kappa shape index (κ3) is 14.0. The number of amides is 3. The van der Waals surface area contributed by atoms with Crippen LogP contribution < -0.4 is 33.2 Å². The van der Waals surface area contributed by atoms with E-state index in [1.54, 1.807) is 12.1 Å². The molecule has 0 bridgehead atoms. The highest BCUT2D eigenvalue weighted by atomic mass is 16.4. The average Bonchev–Trinajstić information content (AvgIpc) is 2.88. The molecular weight excluding hydrogens is 538 g/mol. The Hall–Kier alpha value is -4.40. The highest BCUT2D eigenvalue weighted by Gasteiger charge is 2.31. The molecule has 0 heterocycles. The first-order valence-electron chi connectivity index (χ1n) is 13.1. The molecule has 0 aliphatic carbocycles. The monoisotopic (exact) mass is 579 g/mol. The Balaban J connectivity index is 3.09. The first-order chi connectivity index (χ1) is 19.2. The van der Waals surface area contributed by atoms with Crippen molar-refractivity contribution >= 4 is 35.6 Å². The van der Waals surface area contributed by atoms with E-state index in [0.717, 1.165) is 0 Å². The minimum atomic E-state index is -1.27. The van der Waals surface area contributed by atoms with Gasteiger partial charge in [0.25, 0.3) is 0 Å². The number of aliphatic imine (C=N–C) groups is 1. The van der Waals surface area contributed by atoms with Gasteiger partial charge in [-0.25, -0.2) is 4.79 Å². The lowest BCUT2D eigenvalue weighted by atomic mass is 10.00. The van der Waals surface area contributed by atoms with Crippen LogP contribution in [0.2, 0.25) is 0 Å². The van der Waals surface area contributed by atoms with E-state index in [1.807, 2.05) is 13.8 Å². The molecule has 4 unspecified atom stereocenters. The zero-order valence-corrected chi connectivity index (χ0v) is 23.2. The van der Waals surface area contributed by atoms with Crippen molar-refractivity contribution < 1.29 is 39.3 Å². The second kappa shape index (κ2) is 17.3. The van der Waals surface area contributed by atoms with Gasteiger partial charge < -0.3 is 48.5 Å². The second-order valence-electron chi connectivity index (χ2n) is 10.0. The molecule has 0 fully saturated rings. The molecular formula is C26H41N7O8. The molecule has 0 spiro atoms. The van der Waals surface area contributed by atoms with Gasteiger partial charge in [0.1, 0.15) is 23.9 Å². The molecule has 0 aromatic heterocycles. The minimum Gasteiger partial charge on any atom is -0.508 e. The molecule has 0 radical (unpaired) electrons. The summed E-state index contributed by atoms with van der Waals surface area (Å²) >= 11 is 0. The SMILES string of the molecule is CC(C)CC(NC(=O)C(Cc1ccc(O)cc1)NC(=O)C(N)CCC(=O)O)C(=O)NC(CCCN=C(N)N)C(=O)O. The Labute approximate surface area is 237 Å². The van der Waals surface area contributed by atoms with Gasteiger partial charge in [0.2, 0.25) is 17.7 Å². The molecule has 12 N–H and O–H groups in total. The van der Waals surface area contributed by atoms with E-state index in [9.17, 15) is 34.2 Å². The Kier molecular flexibility index (Phi) is 14.6. The minimum absolute atomic E-state index is 0.00516. The molecule has 1 aromatic rings. The number of guanidine groups is 1. The third-order valence-corrected chi connectivity index (χ3v) is 5.92. The van der Waals surface area contributed by atoms with Crippen molar-refractivity contribution in [1.82, 2.24) is 16.0 Å². The summed E-state index contributed by atoms with van der Waals surface area (Å²) in [6.45, 7) is 3.79. The predicted octanol–water partition coefficient (Wildman–Crippen LogP) is -1.23. The second-order valence-corrected chi connectivity index (χ2v) is 10.0. The van der Waals surface area contributed by atoms with Crippen LogP contribution in [0.3, 0.4) is 0 Å². The standard InChI is InChI=1S/C26H41N7O8/c1-14(2)12-19(23(38)31-18(25(40)41)4-3-11-30-26(28)29)33-24(39)20(13-15-5-7-16(34)8-6-15)32-22(37)17(27)9-10-21(35)36/h5-8,14,17-20,34H,3-4,9-13,27H2,1-2H3,(H,31,38)(H,32,37)(H,33,39)(H,35,36)(H,40,41)(H4,28,29,30). The number of carboxylic acid groups (broad SMARTS) is 2. The normalized spacial score (nSPS) is 13.8. The number of nitrogens with two attached hydrogens (primary N) is 3. The third-order valence-electron chi connectivity index (χ3n) is 5.92. The van der Waals surface area contributed by atoms with E-state index in [1.165, 1.54) is 12.1 Å². The topological polar surface area (TPSA) is 273 Å². The average molecular weight is 580 g/mol. The van der Waals surface area contributed by atoms with Crippen LogP contribution in [0.5, 0.6) is 5.75 Å². The maximum absolute atomic E-state index is 13.4. The number of nitrogens with zero attached hydrogens (tertiary/aromatic N) is 1. The fourth-order valence-electron chi connectivity index (χ4n) is 3.77. The summed E-state index contributed by atoms with van der Waals surface area (Å²) in [5, 5.41) is 35.6. The Bertz CT molecular complexity index is 1070. The van der Waals surface area contributed by atoms with E-state index in [4.69, 9.17) is 22.3 Å². The van der Waals surface area contributed by atoms with Gasteiger partial charge in [-0.2, -0.15) is 0 Å². The van der Waals surface area contributed by atoms with Gasteiger partial charge in [-0.1, -0.05) is 26.0 Å². The number of hydrogen-bond donors (Lipinski definition) is 9. The van der Waals surface area contributed by atoms with E-state index in [-0.39, 0.29) is 62.7 Å². The number of hydrogen-bond acceptors (Lipinski definition) is 8. The van der Waals surface area contributed by atoms with Crippen LogP contribution in [0.25, 0.3) is 0 Å². The highest BCUT2D eigenvalue weighted by molar-refractivity contribution is 5.94. The molecule has 0 aliphatic heterocycles. The smallest absolute Gasteiger partial charge is 0.326 e. The van der Waals surface area contributed by atoms with Gasteiger partial charge in [-0.15, -0.1) is 0 Å². The Morgan fingerprint density at radius 3 is 1.95 bits per heavy atom. The van der Waals surface area contributed by atoms with Crippen molar-refractivity contribution in [2.45, 2.75) is 76.5 Å². The van der Waals surface area contributed by atoms with Gasteiger partial charge in [-0.3, -0.25) is 24.2 Å². The van der Waals surface area contributed by atoms with Crippen LogP contribution in [0.4, 0.5) is 0 Å². The van der Waals surface area contributed by atoms with Gasteiger partial charge in [0.05, 0.1) is 6.04 Å². The molecule has 1 rings (SSSR count). The Morgan fingerprint density at radius 2 is 1.41 bits per heavy atom. The van der Waals surface area contributed by atoms with Crippen LogP contribution in [0, 0.1) is 5.92 Å². The lowest BCUT2D eigenvalue weighted by molar-refractivity contribution is -0.142. The molecule has 4 atom stereocenters. The molecule has 41 heavy (non-hydrogen) atoms. The summed E-state index contributed by atoms with van der Waals surface area (Å²) < 4.78 is 0. The summed E-state index contributed by atoms with van der Waals surface area (Å²) in [5.74, 6) is -4.86. The van der Waals surface area contributed by atoms with Gasteiger partial charge in [-0.05, 0) is 49.3 Å². The predicted molar refractivity (Wildman–Crippen MR) is 149 cm³/mol. The van der Waals surface area contributed by atoms with Crippen molar-refractivity contribution in [3.8, 4) is 5.75 Å². The van der Waals surface area contributed by atoms with E-state index < -0.39 is 53.8 Å². The van der Waals surface area contributed by atoms with Gasteiger partial charge in [0, 0.05) is 19.4 Å². The van der Waals surface area contributed by atoms with Crippen molar-refractivity contribution in [3.63, 3.8) is 0 Å². The fraction of sp³-hybridized carbons (Fsp3) is 0.538. The number of rotatable bonds is 18. The number of aromatic hydroxyl groups is 1. The molecule has 3 amide bonds. The maximum Gasteiger partial charge on any atom is 0.326 e. The first kappa shape index (κ1) is 34.6. The number of aliphatic carboxylic acids is 2. The van der Waals surface area contributed by atoms with Crippen molar-refractivity contribution in [2.75, 3.05) is 6.54 Å². The van der Waals surface area contributed by atoms with Crippen LogP contribution in [-0.4, -0.2) is 81.7 Å². The number of benzene rings is 1. The van der Waals surface area contributed by atoms with Crippen molar-refractivity contribution in [3.05, 3.63) is 29.8 Å². The van der Waals surface area contributed by atoms with Crippen LogP contribution in [0.15, 0.2) is 29.3 Å². The number of carbonyl (C=O) groups excluding carboxylic acids is 3. The lowest BCUT2D eigenvalue weighted by Gasteiger charge is -2.26. The number of carbonyl (C=O) groups is 5. The van der Waals surface area contributed by atoms with Gasteiger partial charge >= 0.3 is 11.9 Å². The van der Waals surface area contributed by atoms with E-state index in [0.29, 0.717) is 5.56 Å². The molecule has 1 aromatic carbocycles. The van der Waals surface area contributed by atoms with Crippen LogP contribution in [0.1, 0.15) is 51.5 Å².